The summed E-state index contributed by atoms with van der Waals surface area (Å²) in [6, 6.07) is 0. The van der Waals surface area contributed by atoms with E-state index in [1.165, 1.54) is 0 Å². The maximum absolute atomic E-state index is 11.9. The molecule has 0 aliphatic carbocycles. The molecule has 0 aromatic heterocycles. The van der Waals surface area contributed by atoms with Gasteiger partial charge in [-0.3, -0.25) is 14.4 Å². The van der Waals surface area contributed by atoms with Gasteiger partial charge >= 0.3 is 5.97 Å². The van der Waals surface area contributed by atoms with Crippen LogP contribution in [0.5, 0.6) is 0 Å². The molecule has 164 valence electrons. The SMILES string of the molecule is CC(=O)C(C)(C)CCCCCCCC(=O)CCCCCCCC(C)(C)C(=O)O. The van der Waals surface area contributed by atoms with Gasteiger partial charge in [0.1, 0.15) is 11.6 Å². The van der Waals surface area contributed by atoms with E-state index in [0.29, 0.717) is 25.0 Å². The lowest BCUT2D eigenvalue weighted by molar-refractivity contribution is -0.147. The number of ketones is 2. The molecule has 0 aromatic rings. The highest BCUT2D eigenvalue weighted by atomic mass is 16.4. The van der Waals surface area contributed by atoms with Crippen molar-refractivity contribution in [3.05, 3.63) is 0 Å². The van der Waals surface area contributed by atoms with Crippen LogP contribution in [0.3, 0.4) is 0 Å². The van der Waals surface area contributed by atoms with Crippen LogP contribution in [0.1, 0.15) is 125 Å². The molecule has 28 heavy (non-hydrogen) atoms. The van der Waals surface area contributed by atoms with Crippen LogP contribution in [-0.4, -0.2) is 22.6 Å². The second-order valence-corrected chi connectivity index (χ2v) is 9.70. The zero-order valence-electron chi connectivity index (χ0n) is 19.1. The summed E-state index contributed by atoms with van der Waals surface area (Å²) < 4.78 is 0. The van der Waals surface area contributed by atoms with Gasteiger partial charge in [-0.25, -0.2) is 0 Å². The summed E-state index contributed by atoms with van der Waals surface area (Å²) in [6.45, 7) is 9.27. The molecule has 0 saturated heterocycles. The zero-order valence-corrected chi connectivity index (χ0v) is 19.1. The third-order valence-electron chi connectivity index (χ3n) is 6.05. The van der Waals surface area contributed by atoms with Crippen LogP contribution in [0.15, 0.2) is 0 Å². The minimum Gasteiger partial charge on any atom is -0.481 e. The Morgan fingerprint density at radius 2 is 0.964 bits per heavy atom. The first-order valence-corrected chi connectivity index (χ1v) is 11.3. The Labute approximate surface area is 172 Å². The first-order chi connectivity index (χ1) is 13.0. The first kappa shape index (κ1) is 26.8. The van der Waals surface area contributed by atoms with Crippen molar-refractivity contribution in [1.29, 1.82) is 0 Å². The molecule has 0 aliphatic rings. The van der Waals surface area contributed by atoms with E-state index >= 15 is 0 Å². The van der Waals surface area contributed by atoms with E-state index in [4.69, 9.17) is 5.11 Å². The number of unbranched alkanes of at least 4 members (excludes halogenated alkanes) is 8. The number of rotatable bonds is 18. The molecule has 0 rings (SSSR count). The average molecular weight is 397 g/mol. The third-order valence-corrected chi connectivity index (χ3v) is 6.05. The molecule has 0 unspecified atom stereocenters. The van der Waals surface area contributed by atoms with Gasteiger partial charge in [0.15, 0.2) is 0 Å². The fourth-order valence-electron chi connectivity index (χ4n) is 3.25. The Bertz CT molecular complexity index is 435. The normalized spacial score (nSPS) is 12.2. The smallest absolute Gasteiger partial charge is 0.309 e. The Morgan fingerprint density at radius 3 is 1.36 bits per heavy atom. The molecule has 0 bridgehead atoms. The van der Waals surface area contributed by atoms with Gasteiger partial charge in [0.2, 0.25) is 0 Å². The van der Waals surface area contributed by atoms with Crippen molar-refractivity contribution in [2.45, 2.75) is 125 Å². The van der Waals surface area contributed by atoms with Crippen molar-refractivity contribution in [3.8, 4) is 0 Å². The summed E-state index contributed by atoms with van der Waals surface area (Å²) in [7, 11) is 0. The molecular weight excluding hydrogens is 352 g/mol. The maximum atomic E-state index is 11.9. The van der Waals surface area contributed by atoms with E-state index < -0.39 is 11.4 Å². The van der Waals surface area contributed by atoms with E-state index in [1.807, 2.05) is 13.8 Å². The molecule has 0 aliphatic heterocycles. The molecule has 0 amide bonds. The number of carbonyl (C=O) groups excluding carboxylic acids is 2. The summed E-state index contributed by atoms with van der Waals surface area (Å²) in [4.78, 5) is 34.4. The minimum atomic E-state index is -0.724. The summed E-state index contributed by atoms with van der Waals surface area (Å²) >= 11 is 0. The standard InChI is InChI=1S/C24H44O4/c1-20(25)23(2,3)18-14-10-6-8-12-16-21(26)17-13-9-7-11-15-19-24(4,5)22(27)28/h6-19H2,1-5H3,(H,27,28). The molecule has 4 heteroatoms. The fraction of sp³-hybridized carbons (Fsp3) is 0.875. The molecule has 0 fully saturated rings. The van der Waals surface area contributed by atoms with E-state index in [2.05, 4.69) is 0 Å². The van der Waals surface area contributed by atoms with Gasteiger partial charge in [0.05, 0.1) is 5.41 Å². The quantitative estimate of drug-likeness (QED) is 0.260. The van der Waals surface area contributed by atoms with Gasteiger partial charge in [-0.1, -0.05) is 65.2 Å². The molecule has 0 spiro atoms. The molecule has 4 nitrogen and oxygen atoms in total. The van der Waals surface area contributed by atoms with Crippen molar-refractivity contribution < 1.29 is 19.5 Å². The number of Topliss-reactive ketones (excluding diaryl/α,β-unsaturated/α-hetero) is 2. The first-order valence-electron chi connectivity index (χ1n) is 11.3. The lowest BCUT2D eigenvalue weighted by atomic mass is 9.83. The molecule has 0 atom stereocenters. The lowest BCUT2D eigenvalue weighted by Crippen LogP contribution is -2.23. The summed E-state index contributed by atoms with van der Waals surface area (Å²) in [5, 5.41) is 9.08. The second-order valence-electron chi connectivity index (χ2n) is 9.70. The van der Waals surface area contributed by atoms with Gasteiger partial charge in [-0.2, -0.15) is 0 Å². The number of carboxylic acid groups (broad SMARTS) is 1. The van der Waals surface area contributed by atoms with Crippen LogP contribution in [0.2, 0.25) is 0 Å². The number of hydrogen-bond acceptors (Lipinski definition) is 3. The van der Waals surface area contributed by atoms with Gasteiger partial charge in [-0.15, -0.1) is 0 Å². The molecule has 1 N–H and O–H groups in total. The summed E-state index contributed by atoms with van der Waals surface area (Å²) in [5.41, 5.74) is -0.817. The Hall–Kier alpha value is -1.19. The van der Waals surface area contributed by atoms with Crippen LogP contribution in [0.4, 0.5) is 0 Å². The predicted octanol–water partition coefficient (Wildman–Crippen LogP) is 6.74. The second kappa shape index (κ2) is 13.9. The topological polar surface area (TPSA) is 71.4 Å². The van der Waals surface area contributed by atoms with Gasteiger partial charge in [0.25, 0.3) is 0 Å². The van der Waals surface area contributed by atoms with E-state index in [-0.39, 0.29) is 11.2 Å². The highest BCUT2D eigenvalue weighted by Crippen LogP contribution is 2.25. The zero-order chi connectivity index (χ0) is 21.6. The lowest BCUT2D eigenvalue weighted by Gasteiger charge is -2.20. The number of carbonyl (C=O) groups is 3. The predicted molar refractivity (Wildman–Crippen MR) is 116 cm³/mol. The maximum Gasteiger partial charge on any atom is 0.309 e. The van der Waals surface area contributed by atoms with Crippen LogP contribution in [-0.2, 0) is 14.4 Å². The van der Waals surface area contributed by atoms with Crippen molar-refractivity contribution in [2.24, 2.45) is 10.8 Å². The van der Waals surface area contributed by atoms with E-state index in [0.717, 1.165) is 70.6 Å². The van der Waals surface area contributed by atoms with Crippen molar-refractivity contribution in [2.75, 3.05) is 0 Å². The van der Waals surface area contributed by atoms with Crippen LogP contribution >= 0.6 is 0 Å². The van der Waals surface area contributed by atoms with Crippen molar-refractivity contribution >= 4 is 17.5 Å². The number of aliphatic carboxylic acids is 1. The number of carboxylic acids is 1. The monoisotopic (exact) mass is 396 g/mol. The Balaban J connectivity index is 3.50. The summed E-state index contributed by atoms with van der Waals surface area (Å²) in [5.74, 6) is -0.0788. The van der Waals surface area contributed by atoms with E-state index in [9.17, 15) is 14.4 Å². The van der Waals surface area contributed by atoms with Gasteiger partial charge in [-0.05, 0) is 46.5 Å². The average Bonchev–Trinajstić information content (AvgIpc) is 2.59. The van der Waals surface area contributed by atoms with Crippen LogP contribution < -0.4 is 0 Å². The summed E-state index contributed by atoms with van der Waals surface area (Å²) in [6.07, 6.45) is 13.6. The largest absolute Gasteiger partial charge is 0.481 e. The molecule has 0 radical (unpaired) electrons. The van der Waals surface area contributed by atoms with Crippen LogP contribution in [0.25, 0.3) is 0 Å². The van der Waals surface area contributed by atoms with Crippen LogP contribution in [0, 0.1) is 10.8 Å². The number of hydrogen-bond donors (Lipinski definition) is 1. The molecule has 0 aromatic carbocycles. The van der Waals surface area contributed by atoms with Gasteiger partial charge in [0, 0.05) is 18.3 Å². The highest BCUT2D eigenvalue weighted by Gasteiger charge is 2.26. The molecular formula is C24H44O4. The molecule has 0 saturated carbocycles. The minimum absolute atomic E-state index is 0.192. The van der Waals surface area contributed by atoms with Crippen molar-refractivity contribution in [3.63, 3.8) is 0 Å². The van der Waals surface area contributed by atoms with E-state index in [1.54, 1.807) is 20.8 Å². The highest BCUT2D eigenvalue weighted by molar-refractivity contribution is 5.81. The fourth-order valence-corrected chi connectivity index (χ4v) is 3.25. The Kier molecular flexibility index (Phi) is 13.3. The Morgan fingerprint density at radius 1 is 0.607 bits per heavy atom. The third kappa shape index (κ3) is 13.1. The van der Waals surface area contributed by atoms with Gasteiger partial charge < -0.3 is 5.11 Å². The van der Waals surface area contributed by atoms with Crippen molar-refractivity contribution in [1.82, 2.24) is 0 Å². The molecule has 0 heterocycles.